The van der Waals surface area contributed by atoms with Crippen LogP contribution in [0, 0.1) is 0 Å². The van der Waals surface area contributed by atoms with Crippen molar-refractivity contribution in [2.45, 2.75) is 6.92 Å². The van der Waals surface area contributed by atoms with E-state index < -0.39 is 0 Å². The molecule has 3 aromatic carbocycles. The lowest BCUT2D eigenvalue weighted by Crippen LogP contribution is -2.19. The summed E-state index contributed by atoms with van der Waals surface area (Å²) in [6, 6.07) is 20.9. The van der Waals surface area contributed by atoms with E-state index in [1.54, 1.807) is 24.3 Å². The lowest BCUT2D eigenvalue weighted by molar-refractivity contribution is 0.0955. The Morgan fingerprint density at radius 2 is 1.65 bits per heavy atom. The van der Waals surface area contributed by atoms with Crippen LogP contribution in [0.25, 0.3) is 10.8 Å². The number of benzene rings is 3. The number of rotatable bonds is 3. The number of fused-ring (bicyclic) bond motifs is 1. The minimum absolute atomic E-state index is 0.260. The Bertz CT molecular complexity index is 877. The maximum Gasteiger partial charge on any atom is 0.271 e. The maximum absolute atomic E-state index is 12.1. The maximum atomic E-state index is 12.1. The molecule has 4 heteroatoms. The van der Waals surface area contributed by atoms with Gasteiger partial charge in [0.05, 0.1) is 5.71 Å². The average molecular weight is 303 g/mol. The second-order valence-electron chi connectivity index (χ2n) is 5.29. The van der Waals surface area contributed by atoms with E-state index in [-0.39, 0.29) is 5.91 Å². The molecule has 0 fully saturated rings. The van der Waals surface area contributed by atoms with Crippen molar-refractivity contribution in [3.05, 3.63) is 77.9 Å². The van der Waals surface area contributed by atoms with Gasteiger partial charge in [-0.15, -0.1) is 0 Å². The summed E-state index contributed by atoms with van der Waals surface area (Å²) in [6.07, 6.45) is 0. The number of nitrogens with two attached hydrogens (primary N) is 1. The molecule has 0 aromatic heterocycles. The molecule has 23 heavy (non-hydrogen) atoms. The number of nitrogens with one attached hydrogen (secondary N) is 1. The molecule has 3 aromatic rings. The predicted octanol–water partition coefficient (Wildman–Crippen LogP) is 3.58. The van der Waals surface area contributed by atoms with Crippen LogP contribution < -0.4 is 11.2 Å². The Hall–Kier alpha value is -3.14. The van der Waals surface area contributed by atoms with Crippen LogP contribution >= 0.6 is 0 Å². The van der Waals surface area contributed by atoms with Gasteiger partial charge in [-0.3, -0.25) is 4.79 Å². The molecule has 0 aliphatic rings. The fourth-order valence-corrected chi connectivity index (χ4v) is 2.43. The molecule has 3 N–H and O–H groups in total. The Labute approximate surface area is 134 Å². The molecule has 0 heterocycles. The third kappa shape index (κ3) is 3.21. The summed E-state index contributed by atoms with van der Waals surface area (Å²) in [4.78, 5) is 12.1. The Morgan fingerprint density at radius 3 is 2.43 bits per heavy atom. The highest BCUT2D eigenvalue weighted by atomic mass is 16.2. The largest absolute Gasteiger partial charge is 0.399 e. The summed E-state index contributed by atoms with van der Waals surface area (Å²) in [6.45, 7) is 1.88. The van der Waals surface area contributed by atoms with Gasteiger partial charge in [-0.05, 0) is 42.0 Å². The summed E-state index contributed by atoms with van der Waals surface area (Å²) in [5, 5.41) is 6.48. The third-order valence-corrected chi connectivity index (χ3v) is 3.68. The van der Waals surface area contributed by atoms with Crippen molar-refractivity contribution in [1.82, 2.24) is 5.43 Å². The zero-order valence-electron chi connectivity index (χ0n) is 12.8. The number of hydrogen-bond donors (Lipinski definition) is 2. The molecule has 114 valence electrons. The molecule has 3 rings (SSSR count). The molecule has 0 unspecified atom stereocenters. The molecule has 0 bridgehead atoms. The monoisotopic (exact) mass is 303 g/mol. The van der Waals surface area contributed by atoms with Crippen molar-refractivity contribution in [3.63, 3.8) is 0 Å². The van der Waals surface area contributed by atoms with Crippen molar-refractivity contribution in [2.24, 2.45) is 5.10 Å². The van der Waals surface area contributed by atoms with Gasteiger partial charge in [0.15, 0.2) is 0 Å². The Kier molecular flexibility index (Phi) is 4.06. The second-order valence-corrected chi connectivity index (χ2v) is 5.29. The van der Waals surface area contributed by atoms with E-state index in [2.05, 4.69) is 22.7 Å². The minimum atomic E-state index is -0.260. The van der Waals surface area contributed by atoms with Crippen molar-refractivity contribution in [3.8, 4) is 0 Å². The van der Waals surface area contributed by atoms with Gasteiger partial charge in [0, 0.05) is 16.8 Å². The zero-order valence-corrected chi connectivity index (χ0v) is 12.8. The molecule has 1 amide bonds. The van der Waals surface area contributed by atoms with Crippen LogP contribution in [-0.4, -0.2) is 11.6 Å². The zero-order chi connectivity index (χ0) is 16.2. The van der Waals surface area contributed by atoms with Gasteiger partial charge < -0.3 is 5.73 Å². The first-order valence-corrected chi connectivity index (χ1v) is 7.33. The highest BCUT2D eigenvalue weighted by Crippen LogP contribution is 2.19. The molecule has 0 saturated heterocycles. The molecular weight excluding hydrogens is 286 g/mol. The quantitative estimate of drug-likeness (QED) is 0.441. The number of amides is 1. The fourth-order valence-electron chi connectivity index (χ4n) is 2.43. The van der Waals surface area contributed by atoms with Gasteiger partial charge in [-0.1, -0.05) is 42.5 Å². The smallest absolute Gasteiger partial charge is 0.271 e. The van der Waals surface area contributed by atoms with E-state index in [1.807, 2.05) is 37.3 Å². The molecular formula is C19H17N3O. The van der Waals surface area contributed by atoms with Gasteiger partial charge in [-0.25, -0.2) is 5.43 Å². The Morgan fingerprint density at radius 1 is 0.957 bits per heavy atom. The van der Waals surface area contributed by atoms with Crippen LogP contribution in [0.3, 0.4) is 0 Å². The molecule has 0 spiro atoms. The first kappa shape index (κ1) is 14.8. The van der Waals surface area contributed by atoms with Crippen LogP contribution in [0.5, 0.6) is 0 Å². The SMILES string of the molecule is CC(=NNC(=O)c1ccc(N)cc1)c1cccc2ccccc12. The van der Waals surface area contributed by atoms with Gasteiger partial charge in [0.1, 0.15) is 0 Å². The number of hydrazone groups is 1. The van der Waals surface area contributed by atoms with E-state index in [4.69, 9.17) is 5.73 Å². The molecule has 0 aliphatic heterocycles. The molecule has 4 nitrogen and oxygen atoms in total. The fraction of sp³-hybridized carbons (Fsp3) is 0.0526. The normalized spacial score (nSPS) is 11.4. The highest BCUT2D eigenvalue weighted by molar-refractivity contribution is 6.10. The van der Waals surface area contributed by atoms with E-state index >= 15 is 0 Å². The second kappa shape index (κ2) is 6.32. The average Bonchev–Trinajstić information content (AvgIpc) is 2.59. The minimum Gasteiger partial charge on any atom is -0.399 e. The lowest BCUT2D eigenvalue weighted by atomic mass is 10.0. The van der Waals surface area contributed by atoms with Crippen molar-refractivity contribution in [1.29, 1.82) is 0 Å². The van der Waals surface area contributed by atoms with E-state index in [0.29, 0.717) is 11.3 Å². The summed E-state index contributed by atoms with van der Waals surface area (Å²) >= 11 is 0. The van der Waals surface area contributed by atoms with Crippen molar-refractivity contribution < 1.29 is 4.79 Å². The third-order valence-electron chi connectivity index (χ3n) is 3.68. The van der Waals surface area contributed by atoms with Gasteiger partial charge >= 0.3 is 0 Å². The number of anilines is 1. The van der Waals surface area contributed by atoms with Crippen LogP contribution in [0.2, 0.25) is 0 Å². The van der Waals surface area contributed by atoms with E-state index in [9.17, 15) is 4.79 Å². The summed E-state index contributed by atoms with van der Waals surface area (Å²) in [7, 11) is 0. The number of nitrogens with zero attached hydrogens (tertiary/aromatic N) is 1. The topological polar surface area (TPSA) is 67.5 Å². The number of hydrogen-bond acceptors (Lipinski definition) is 3. The van der Waals surface area contributed by atoms with E-state index in [1.165, 1.54) is 0 Å². The van der Waals surface area contributed by atoms with Crippen LogP contribution in [0.15, 0.2) is 71.8 Å². The first-order chi connectivity index (χ1) is 11.1. The predicted molar refractivity (Wildman–Crippen MR) is 94.5 cm³/mol. The van der Waals surface area contributed by atoms with Gasteiger partial charge in [0.2, 0.25) is 0 Å². The van der Waals surface area contributed by atoms with E-state index in [0.717, 1.165) is 22.0 Å². The number of carbonyl (C=O) groups excluding carboxylic acids is 1. The lowest BCUT2D eigenvalue weighted by Gasteiger charge is -2.07. The number of carbonyl (C=O) groups is 1. The summed E-state index contributed by atoms with van der Waals surface area (Å²) in [5.74, 6) is -0.260. The summed E-state index contributed by atoms with van der Waals surface area (Å²) < 4.78 is 0. The van der Waals surface area contributed by atoms with Gasteiger partial charge in [-0.2, -0.15) is 5.10 Å². The Balaban J connectivity index is 1.84. The number of nitrogen functional groups attached to an aromatic ring is 1. The van der Waals surface area contributed by atoms with Crippen LogP contribution in [0.4, 0.5) is 5.69 Å². The molecule has 0 radical (unpaired) electrons. The van der Waals surface area contributed by atoms with Crippen LogP contribution in [-0.2, 0) is 0 Å². The molecule has 0 aliphatic carbocycles. The molecule has 0 atom stereocenters. The summed E-state index contributed by atoms with van der Waals surface area (Å²) in [5.41, 5.74) is 11.1. The van der Waals surface area contributed by atoms with Crippen molar-refractivity contribution in [2.75, 3.05) is 5.73 Å². The van der Waals surface area contributed by atoms with Crippen LogP contribution in [0.1, 0.15) is 22.8 Å². The molecule has 0 saturated carbocycles. The first-order valence-electron chi connectivity index (χ1n) is 7.33. The standard InChI is InChI=1S/C19H17N3O/c1-13(17-8-4-6-14-5-2-3-7-18(14)17)21-22-19(23)15-9-11-16(20)12-10-15/h2-12H,20H2,1H3,(H,22,23). The highest BCUT2D eigenvalue weighted by Gasteiger charge is 2.06. The van der Waals surface area contributed by atoms with Crippen molar-refractivity contribution >= 4 is 28.1 Å². The van der Waals surface area contributed by atoms with Gasteiger partial charge in [0.25, 0.3) is 5.91 Å².